The van der Waals surface area contributed by atoms with Crippen LogP contribution in [0, 0.1) is 0 Å². The molecule has 0 spiro atoms. The zero-order valence-electron chi connectivity index (χ0n) is 13.5. The molecule has 1 amide bonds. The van der Waals surface area contributed by atoms with Crippen LogP contribution in [0.25, 0.3) is 0 Å². The van der Waals surface area contributed by atoms with Crippen molar-refractivity contribution in [2.45, 2.75) is 19.4 Å². The highest BCUT2D eigenvalue weighted by molar-refractivity contribution is 5.85. The third kappa shape index (κ3) is 7.40. The molecule has 1 unspecified atom stereocenters. The minimum absolute atomic E-state index is 0. The molecule has 1 aliphatic heterocycles. The Balaban J connectivity index is 0.00000242. The number of carbonyl (C=O) groups is 1. The summed E-state index contributed by atoms with van der Waals surface area (Å²) in [6.45, 7) is 6.77. The lowest BCUT2D eigenvalue weighted by molar-refractivity contribution is -0.134. The first kappa shape index (κ1) is 22.0. The number of para-hydroxylation sites is 1. The van der Waals surface area contributed by atoms with Crippen molar-refractivity contribution in [3.05, 3.63) is 30.3 Å². The van der Waals surface area contributed by atoms with Crippen molar-refractivity contribution < 1.29 is 9.53 Å². The molecule has 132 valence electrons. The molecule has 0 aromatic heterocycles. The Morgan fingerprint density at radius 2 is 2.09 bits per heavy atom. The number of hydrogen-bond acceptors (Lipinski definition) is 4. The summed E-state index contributed by atoms with van der Waals surface area (Å²) in [7, 11) is 0. The standard InChI is InChI=1S/C16H25N3O2.2ClH/c1-2-19(14-7-4-3-5-8-14)11-6-9-18-16(20)15-13-17-10-12-21-15;;/h3-5,7-8,15,17H,2,6,9-13H2,1H3,(H,18,20);2*1H. The number of ether oxygens (including phenoxy) is 1. The van der Waals surface area contributed by atoms with Gasteiger partial charge in [-0.2, -0.15) is 0 Å². The molecule has 0 aliphatic carbocycles. The number of amides is 1. The van der Waals surface area contributed by atoms with Crippen molar-refractivity contribution in [2.75, 3.05) is 44.2 Å². The number of morpholine rings is 1. The molecule has 1 saturated heterocycles. The second-order valence-electron chi connectivity index (χ2n) is 5.12. The predicted molar refractivity (Wildman–Crippen MR) is 99.1 cm³/mol. The minimum atomic E-state index is -0.338. The quantitative estimate of drug-likeness (QED) is 0.726. The lowest BCUT2D eigenvalue weighted by atomic mass is 10.2. The van der Waals surface area contributed by atoms with Gasteiger partial charge in [-0.15, -0.1) is 24.8 Å². The number of halogens is 2. The Labute approximate surface area is 151 Å². The third-order valence-electron chi connectivity index (χ3n) is 3.63. The predicted octanol–water partition coefficient (Wildman–Crippen LogP) is 1.85. The molecule has 1 fully saturated rings. The first-order valence-electron chi connectivity index (χ1n) is 7.71. The van der Waals surface area contributed by atoms with Gasteiger partial charge in [0.2, 0.25) is 5.91 Å². The molecule has 0 saturated carbocycles. The van der Waals surface area contributed by atoms with E-state index in [1.807, 2.05) is 18.2 Å². The lowest BCUT2D eigenvalue weighted by Crippen LogP contribution is -2.48. The molecule has 0 bridgehead atoms. The highest BCUT2D eigenvalue weighted by Crippen LogP contribution is 2.12. The van der Waals surface area contributed by atoms with Crippen LogP contribution in [0.1, 0.15) is 13.3 Å². The van der Waals surface area contributed by atoms with Gasteiger partial charge in [0.05, 0.1) is 6.61 Å². The van der Waals surface area contributed by atoms with E-state index >= 15 is 0 Å². The van der Waals surface area contributed by atoms with Crippen LogP contribution in [-0.4, -0.2) is 51.3 Å². The Kier molecular flexibility index (Phi) is 11.9. The summed E-state index contributed by atoms with van der Waals surface area (Å²) in [5.41, 5.74) is 1.23. The maximum atomic E-state index is 11.9. The molecule has 1 heterocycles. The van der Waals surface area contributed by atoms with Gasteiger partial charge < -0.3 is 20.3 Å². The third-order valence-corrected chi connectivity index (χ3v) is 3.63. The number of hydrogen-bond donors (Lipinski definition) is 2. The van der Waals surface area contributed by atoms with Crippen molar-refractivity contribution in [2.24, 2.45) is 0 Å². The molecule has 0 radical (unpaired) electrons. The van der Waals surface area contributed by atoms with E-state index in [1.54, 1.807) is 0 Å². The van der Waals surface area contributed by atoms with E-state index in [2.05, 4.69) is 34.6 Å². The second-order valence-corrected chi connectivity index (χ2v) is 5.12. The van der Waals surface area contributed by atoms with Crippen LogP contribution in [0.15, 0.2) is 30.3 Å². The topological polar surface area (TPSA) is 53.6 Å². The monoisotopic (exact) mass is 363 g/mol. The molecule has 7 heteroatoms. The maximum Gasteiger partial charge on any atom is 0.250 e. The number of carbonyl (C=O) groups excluding carboxylic acids is 1. The fraction of sp³-hybridized carbons (Fsp3) is 0.562. The Morgan fingerprint density at radius 3 is 2.70 bits per heavy atom. The zero-order chi connectivity index (χ0) is 14.9. The Morgan fingerprint density at radius 1 is 1.35 bits per heavy atom. The van der Waals surface area contributed by atoms with E-state index in [0.29, 0.717) is 19.7 Å². The first-order valence-corrected chi connectivity index (χ1v) is 7.71. The van der Waals surface area contributed by atoms with Gasteiger partial charge >= 0.3 is 0 Å². The molecule has 1 aromatic carbocycles. The van der Waals surface area contributed by atoms with Gasteiger partial charge in [-0.1, -0.05) is 18.2 Å². The van der Waals surface area contributed by atoms with Crippen LogP contribution in [0.4, 0.5) is 5.69 Å². The van der Waals surface area contributed by atoms with Gasteiger partial charge in [0.1, 0.15) is 6.10 Å². The van der Waals surface area contributed by atoms with Crippen LogP contribution < -0.4 is 15.5 Å². The second kappa shape index (κ2) is 12.4. The van der Waals surface area contributed by atoms with Crippen LogP contribution >= 0.6 is 24.8 Å². The summed E-state index contributed by atoms with van der Waals surface area (Å²) in [6.07, 6.45) is 0.587. The fourth-order valence-corrected chi connectivity index (χ4v) is 2.44. The van der Waals surface area contributed by atoms with Crippen molar-refractivity contribution in [1.82, 2.24) is 10.6 Å². The number of anilines is 1. The Hall–Kier alpha value is -1.01. The van der Waals surface area contributed by atoms with Gasteiger partial charge in [-0.25, -0.2) is 0 Å². The van der Waals surface area contributed by atoms with Crippen molar-refractivity contribution in [3.63, 3.8) is 0 Å². The summed E-state index contributed by atoms with van der Waals surface area (Å²) in [5, 5.41) is 6.11. The smallest absolute Gasteiger partial charge is 0.250 e. The normalized spacial score (nSPS) is 16.7. The van der Waals surface area contributed by atoms with E-state index in [4.69, 9.17) is 4.74 Å². The highest BCUT2D eigenvalue weighted by Gasteiger charge is 2.20. The molecular weight excluding hydrogens is 337 g/mol. The molecule has 5 nitrogen and oxygen atoms in total. The van der Waals surface area contributed by atoms with Crippen LogP contribution in [0.2, 0.25) is 0 Å². The summed E-state index contributed by atoms with van der Waals surface area (Å²) in [5.74, 6) is -0.00930. The fourth-order valence-electron chi connectivity index (χ4n) is 2.44. The van der Waals surface area contributed by atoms with E-state index < -0.39 is 0 Å². The summed E-state index contributed by atoms with van der Waals surface area (Å²) >= 11 is 0. The average Bonchev–Trinajstić information content (AvgIpc) is 2.56. The van der Waals surface area contributed by atoms with Crippen LogP contribution in [0.3, 0.4) is 0 Å². The molecule has 2 N–H and O–H groups in total. The van der Waals surface area contributed by atoms with Gasteiger partial charge in [0.25, 0.3) is 0 Å². The van der Waals surface area contributed by atoms with Gasteiger partial charge in [-0.05, 0) is 25.5 Å². The molecule has 2 rings (SSSR count). The number of nitrogens with zero attached hydrogens (tertiary/aromatic N) is 1. The molecule has 1 aromatic rings. The summed E-state index contributed by atoms with van der Waals surface area (Å²) in [6, 6.07) is 10.4. The van der Waals surface area contributed by atoms with E-state index in [9.17, 15) is 4.79 Å². The highest BCUT2D eigenvalue weighted by atomic mass is 35.5. The summed E-state index contributed by atoms with van der Waals surface area (Å²) in [4.78, 5) is 14.2. The Bertz CT molecular complexity index is 429. The van der Waals surface area contributed by atoms with E-state index in [1.165, 1.54) is 5.69 Å². The van der Waals surface area contributed by atoms with E-state index in [0.717, 1.165) is 26.1 Å². The van der Waals surface area contributed by atoms with Gasteiger partial charge in [0, 0.05) is 38.4 Å². The first-order chi connectivity index (χ1) is 10.3. The molecule has 1 atom stereocenters. The summed E-state index contributed by atoms with van der Waals surface area (Å²) < 4.78 is 5.42. The number of rotatable bonds is 7. The number of benzene rings is 1. The molecule has 23 heavy (non-hydrogen) atoms. The van der Waals surface area contributed by atoms with Crippen molar-refractivity contribution in [1.29, 1.82) is 0 Å². The largest absolute Gasteiger partial charge is 0.372 e. The van der Waals surface area contributed by atoms with E-state index in [-0.39, 0.29) is 36.8 Å². The number of nitrogens with one attached hydrogen (secondary N) is 2. The van der Waals surface area contributed by atoms with Crippen molar-refractivity contribution >= 4 is 36.4 Å². The maximum absolute atomic E-state index is 11.9. The average molecular weight is 364 g/mol. The van der Waals surface area contributed by atoms with Gasteiger partial charge in [0.15, 0.2) is 0 Å². The SMILES string of the molecule is CCN(CCCNC(=O)C1CNCCO1)c1ccccc1.Cl.Cl. The lowest BCUT2D eigenvalue weighted by Gasteiger charge is -2.24. The zero-order valence-corrected chi connectivity index (χ0v) is 15.1. The molecular formula is C16H27Cl2N3O2. The van der Waals surface area contributed by atoms with Crippen molar-refractivity contribution in [3.8, 4) is 0 Å². The minimum Gasteiger partial charge on any atom is -0.372 e. The van der Waals surface area contributed by atoms with Crippen LogP contribution in [0.5, 0.6) is 0 Å². The van der Waals surface area contributed by atoms with Gasteiger partial charge in [-0.3, -0.25) is 4.79 Å². The molecule has 1 aliphatic rings. The van der Waals surface area contributed by atoms with Crippen LogP contribution in [-0.2, 0) is 9.53 Å².